The van der Waals surface area contributed by atoms with Crippen LogP contribution in [0, 0.1) is 23.7 Å². The summed E-state index contributed by atoms with van der Waals surface area (Å²) in [6.45, 7) is 3.98. The molecule has 2 aliphatic carbocycles. The Labute approximate surface area is 173 Å². The molecule has 0 saturated heterocycles. The lowest BCUT2D eigenvalue weighted by Gasteiger charge is -2.14. The van der Waals surface area contributed by atoms with Crippen LogP contribution in [-0.2, 0) is 19.2 Å². The van der Waals surface area contributed by atoms with Gasteiger partial charge in [-0.2, -0.15) is 0 Å². The van der Waals surface area contributed by atoms with Gasteiger partial charge >= 0.3 is 11.9 Å². The van der Waals surface area contributed by atoms with Gasteiger partial charge < -0.3 is 10.2 Å². The van der Waals surface area contributed by atoms with Crippen LogP contribution in [0.15, 0.2) is 24.3 Å². The molecule has 0 radical (unpaired) electrons. The molecule has 0 aromatic carbocycles. The van der Waals surface area contributed by atoms with Crippen LogP contribution >= 0.6 is 0 Å². The summed E-state index contributed by atoms with van der Waals surface area (Å²) in [5.74, 6) is -0.839. The second kappa shape index (κ2) is 13.1. The fraction of sp³-hybridized carbons (Fsp3) is 0.652. The number of carboxylic acids is 2. The summed E-state index contributed by atoms with van der Waals surface area (Å²) in [5, 5.41) is 17.4. The average molecular weight is 407 g/mol. The van der Waals surface area contributed by atoms with E-state index in [4.69, 9.17) is 10.2 Å². The summed E-state index contributed by atoms with van der Waals surface area (Å²) in [7, 11) is 0. The van der Waals surface area contributed by atoms with E-state index in [1.165, 1.54) is 0 Å². The van der Waals surface area contributed by atoms with E-state index in [1.54, 1.807) is 0 Å². The van der Waals surface area contributed by atoms with Crippen LogP contribution in [0.1, 0.15) is 71.6 Å². The van der Waals surface area contributed by atoms with Crippen molar-refractivity contribution in [2.45, 2.75) is 71.6 Å². The van der Waals surface area contributed by atoms with Gasteiger partial charge in [-0.05, 0) is 50.4 Å². The first kappa shape index (κ1) is 24.8. The van der Waals surface area contributed by atoms with Crippen molar-refractivity contribution in [2.24, 2.45) is 23.7 Å². The first-order valence-corrected chi connectivity index (χ1v) is 10.5. The standard InChI is InChI=1S/C12H18O3.C11H16O3/c1-2-3-4-5-10-9(8-12(14)15)6-7-11(10)13;1-2-3-4-8-5-10(12)6-9(8)7-11(13)14/h3-4,9-10H,2,5-8H2,1H3,(H,14,15);2-3,8-9H,4-7H2,1H3,(H,13,14)/b4-3-;3-2-/t9-,10-;/m1./s1. The van der Waals surface area contributed by atoms with E-state index in [0.717, 1.165) is 19.3 Å². The first-order valence-electron chi connectivity index (χ1n) is 10.5. The SMILES string of the molecule is C/C=C\CC1CC(=O)CC1CC(=O)O.CC/C=C\C[C@H]1C(=O)CC[C@@H]1CC(=O)O. The minimum Gasteiger partial charge on any atom is -0.481 e. The fourth-order valence-corrected chi connectivity index (χ4v) is 4.23. The van der Waals surface area contributed by atoms with Crippen LogP contribution in [0.2, 0.25) is 0 Å². The molecule has 6 heteroatoms. The van der Waals surface area contributed by atoms with Crippen molar-refractivity contribution in [3.8, 4) is 0 Å². The first-order chi connectivity index (χ1) is 13.8. The number of allylic oxidation sites excluding steroid dienone is 4. The lowest BCUT2D eigenvalue weighted by Crippen LogP contribution is -2.17. The molecule has 0 heterocycles. The molecule has 162 valence electrons. The highest BCUT2D eigenvalue weighted by molar-refractivity contribution is 5.84. The molecule has 0 aromatic heterocycles. The Morgan fingerprint density at radius 2 is 1.55 bits per heavy atom. The van der Waals surface area contributed by atoms with Gasteiger partial charge in [-0.25, -0.2) is 0 Å². The maximum Gasteiger partial charge on any atom is 0.303 e. The Morgan fingerprint density at radius 3 is 2.14 bits per heavy atom. The van der Waals surface area contributed by atoms with Crippen molar-refractivity contribution in [2.75, 3.05) is 0 Å². The van der Waals surface area contributed by atoms with E-state index in [9.17, 15) is 19.2 Å². The molecule has 2 saturated carbocycles. The molecule has 2 fully saturated rings. The maximum absolute atomic E-state index is 11.5. The van der Waals surface area contributed by atoms with Crippen LogP contribution in [-0.4, -0.2) is 33.7 Å². The van der Waals surface area contributed by atoms with Gasteiger partial charge in [0.15, 0.2) is 0 Å². The summed E-state index contributed by atoms with van der Waals surface area (Å²) in [5.41, 5.74) is 0. The highest BCUT2D eigenvalue weighted by atomic mass is 16.4. The van der Waals surface area contributed by atoms with Gasteiger partial charge in [0, 0.05) is 38.0 Å². The minimum atomic E-state index is -0.796. The number of Topliss-reactive ketones (excluding diaryl/α,β-unsaturated/α-hetero) is 2. The minimum absolute atomic E-state index is 0.0519. The molecule has 0 amide bonds. The zero-order valence-corrected chi connectivity index (χ0v) is 17.5. The van der Waals surface area contributed by atoms with Gasteiger partial charge in [0.05, 0.1) is 0 Å². The van der Waals surface area contributed by atoms with Crippen molar-refractivity contribution in [3.63, 3.8) is 0 Å². The number of carbonyl (C=O) groups excluding carboxylic acids is 2. The predicted molar refractivity (Wildman–Crippen MR) is 110 cm³/mol. The number of hydrogen-bond acceptors (Lipinski definition) is 4. The van der Waals surface area contributed by atoms with Gasteiger partial charge in [0.2, 0.25) is 0 Å². The fourth-order valence-electron chi connectivity index (χ4n) is 4.23. The van der Waals surface area contributed by atoms with Crippen LogP contribution in [0.25, 0.3) is 0 Å². The molecule has 2 aliphatic rings. The van der Waals surface area contributed by atoms with Crippen molar-refractivity contribution in [1.82, 2.24) is 0 Å². The Morgan fingerprint density at radius 1 is 0.931 bits per heavy atom. The van der Waals surface area contributed by atoms with E-state index >= 15 is 0 Å². The van der Waals surface area contributed by atoms with E-state index in [-0.39, 0.29) is 48.1 Å². The largest absolute Gasteiger partial charge is 0.481 e. The second-order valence-electron chi connectivity index (χ2n) is 7.95. The third-order valence-electron chi connectivity index (χ3n) is 5.73. The Balaban J connectivity index is 0.000000291. The number of aliphatic carboxylic acids is 2. The third-order valence-corrected chi connectivity index (χ3v) is 5.73. The Hall–Kier alpha value is -2.24. The monoisotopic (exact) mass is 406 g/mol. The molecular weight excluding hydrogens is 372 g/mol. The normalized spacial score (nSPS) is 26.8. The molecule has 0 spiro atoms. The molecule has 0 aromatic rings. The molecule has 6 nitrogen and oxygen atoms in total. The van der Waals surface area contributed by atoms with Crippen LogP contribution < -0.4 is 0 Å². The number of carbonyl (C=O) groups is 4. The molecule has 4 atom stereocenters. The molecule has 0 bridgehead atoms. The smallest absolute Gasteiger partial charge is 0.303 e. The summed E-state index contributed by atoms with van der Waals surface area (Å²) < 4.78 is 0. The van der Waals surface area contributed by atoms with Crippen LogP contribution in [0.5, 0.6) is 0 Å². The Bertz CT molecular complexity index is 633. The summed E-state index contributed by atoms with van der Waals surface area (Å²) in [4.78, 5) is 43.9. The van der Waals surface area contributed by atoms with Crippen LogP contribution in [0.4, 0.5) is 0 Å². The molecule has 0 aliphatic heterocycles. The average Bonchev–Trinajstić information content (AvgIpc) is 3.15. The second-order valence-corrected chi connectivity index (χ2v) is 7.95. The number of ketones is 2. The molecule has 29 heavy (non-hydrogen) atoms. The van der Waals surface area contributed by atoms with E-state index in [0.29, 0.717) is 25.7 Å². The van der Waals surface area contributed by atoms with Crippen molar-refractivity contribution in [3.05, 3.63) is 24.3 Å². The zero-order chi connectivity index (χ0) is 21.8. The zero-order valence-electron chi connectivity index (χ0n) is 17.5. The van der Waals surface area contributed by atoms with Gasteiger partial charge in [0.1, 0.15) is 11.6 Å². The van der Waals surface area contributed by atoms with Crippen molar-refractivity contribution < 1.29 is 29.4 Å². The van der Waals surface area contributed by atoms with E-state index in [2.05, 4.69) is 0 Å². The molecule has 2 unspecified atom stereocenters. The predicted octanol–water partition coefficient (Wildman–Crippen LogP) is 4.44. The quantitative estimate of drug-likeness (QED) is 0.548. The molecule has 2 rings (SSSR count). The van der Waals surface area contributed by atoms with E-state index < -0.39 is 11.9 Å². The van der Waals surface area contributed by atoms with Crippen molar-refractivity contribution in [1.29, 1.82) is 0 Å². The lowest BCUT2D eigenvalue weighted by atomic mass is 9.89. The van der Waals surface area contributed by atoms with E-state index in [1.807, 2.05) is 38.2 Å². The topological polar surface area (TPSA) is 109 Å². The Kier molecular flexibility index (Phi) is 11.2. The summed E-state index contributed by atoms with van der Waals surface area (Å²) in [6.07, 6.45) is 13.1. The highest BCUT2D eigenvalue weighted by Crippen LogP contribution is 2.35. The summed E-state index contributed by atoms with van der Waals surface area (Å²) in [6, 6.07) is 0. The number of carboxylic acid groups (broad SMARTS) is 2. The third kappa shape index (κ3) is 9.20. The molecular formula is C23H34O6. The summed E-state index contributed by atoms with van der Waals surface area (Å²) >= 11 is 0. The molecule has 2 N–H and O–H groups in total. The van der Waals surface area contributed by atoms with Gasteiger partial charge in [-0.3, -0.25) is 19.2 Å². The van der Waals surface area contributed by atoms with Gasteiger partial charge in [0.25, 0.3) is 0 Å². The highest BCUT2D eigenvalue weighted by Gasteiger charge is 2.35. The maximum atomic E-state index is 11.5. The van der Waals surface area contributed by atoms with Crippen LogP contribution in [0.3, 0.4) is 0 Å². The van der Waals surface area contributed by atoms with Gasteiger partial charge in [-0.1, -0.05) is 31.2 Å². The lowest BCUT2D eigenvalue weighted by molar-refractivity contribution is -0.139. The number of hydrogen-bond donors (Lipinski definition) is 2. The van der Waals surface area contributed by atoms with Crippen molar-refractivity contribution >= 4 is 23.5 Å². The number of rotatable bonds is 9. The van der Waals surface area contributed by atoms with Gasteiger partial charge in [-0.15, -0.1) is 0 Å².